The predicted molar refractivity (Wildman–Crippen MR) is 137 cm³/mol. The molecule has 1 atom stereocenters. The number of nitrogens with one attached hydrogen (secondary N) is 3. The van der Waals surface area contributed by atoms with E-state index in [0.29, 0.717) is 43.1 Å². The second-order valence-electron chi connectivity index (χ2n) is 9.48. The Hall–Kier alpha value is -4.21. The van der Waals surface area contributed by atoms with E-state index in [-0.39, 0.29) is 30.7 Å². The largest absolute Gasteiger partial charge is 0.480 e. The van der Waals surface area contributed by atoms with E-state index in [0.717, 1.165) is 10.1 Å². The van der Waals surface area contributed by atoms with Crippen LogP contribution in [0, 0.1) is 11.8 Å². The third-order valence-corrected chi connectivity index (χ3v) is 6.89. The molecular weight excluding hydrogens is 476 g/mol. The van der Waals surface area contributed by atoms with E-state index in [1.54, 1.807) is 24.3 Å². The summed E-state index contributed by atoms with van der Waals surface area (Å²) in [6, 6.07) is 14.8. The number of carbonyl (C=O) groups is 3. The molecule has 0 unspecified atom stereocenters. The van der Waals surface area contributed by atoms with Gasteiger partial charge in [-0.05, 0) is 49.3 Å². The number of rotatable bonds is 9. The van der Waals surface area contributed by atoms with Crippen molar-refractivity contribution in [3.63, 3.8) is 0 Å². The lowest BCUT2D eigenvalue weighted by Gasteiger charge is -2.28. The number of amides is 2. The van der Waals surface area contributed by atoms with Crippen LogP contribution >= 0.6 is 0 Å². The summed E-state index contributed by atoms with van der Waals surface area (Å²) in [5.74, 6) is -1.90. The summed E-state index contributed by atoms with van der Waals surface area (Å²) in [4.78, 5) is 64.3. The molecule has 1 aromatic heterocycles. The summed E-state index contributed by atoms with van der Waals surface area (Å²) < 4.78 is 0.882. The van der Waals surface area contributed by atoms with Gasteiger partial charge >= 0.3 is 11.7 Å². The molecule has 3 aromatic rings. The number of fused-ring (bicyclic) bond motifs is 1. The van der Waals surface area contributed by atoms with Crippen molar-refractivity contribution < 1.29 is 19.5 Å². The first-order valence-electron chi connectivity index (χ1n) is 12.4. The zero-order chi connectivity index (χ0) is 26.4. The molecule has 1 heterocycles. The number of carboxylic acids is 1. The maximum atomic E-state index is 12.7. The molecule has 0 bridgehead atoms. The highest BCUT2D eigenvalue weighted by molar-refractivity contribution is 5.85. The highest BCUT2D eigenvalue weighted by Crippen LogP contribution is 2.28. The summed E-state index contributed by atoms with van der Waals surface area (Å²) in [5.41, 5.74) is 0.0949. The smallest absolute Gasteiger partial charge is 0.329 e. The highest BCUT2D eigenvalue weighted by Gasteiger charge is 2.29. The van der Waals surface area contributed by atoms with Gasteiger partial charge in [0, 0.05) is 18.9 Å². The molecule has 1 aliphatic rings. The minimum Gasteiger partial charge on any atom is -0.480 e. The normalized spacial score (nSPS) is 18.2. The number of aromatic amines is 1. The number of hydrogen-bond acceptors (Lipinski definition) is 5. The molecule has 0 saturated heterocycles. The van der Waals surface area contributed by atoms with Gasteiger partial charge in [0.2, 0.25) is 11.8 Å². The molecule has 1 aliphatic carbocycles. The zero-order valence-corrected chi connectivity index (χ0v) is 20.3. The fourth-order valence-corrected chi connectivity index (χ4v) is 4.77. The molecule has 2 aromatic carbocycles. The fraction of sp³-hybridized carbons (Fsp3) is 0.370. The molecule has 2 amide bonds. The number of para-hydroxylation sites is 1. The van der Waals surface area contributed by atoms with Crippen LogP contribution in [0.1, 0.15) is 31.2 Å². The molecule has 0 spiro atoms. The molecule has 37 heavy (non-hydrogen) atoms. The summed E-state index contributed by atoms with van der Waals surface area (Å²) in [5, 5.41) is 15.3. The third kappa shape index (κ3) is 6.52. The summed E-state index contributed by atoms with van der Waals surface area (Å²) in [6.07, 6.45) is 2.80. The van der Waals surface area contributed by atoms with Crippen LogP contribution in [0.15, 0.2) is 64.2 Å². The van der Waals surface area contributed by atoms with Gasteiger partial charge < -0.3 is 20.7 Å². The highest BCUT2D eigenvalue weighted by atomic mass is 16.4. The molecule has 4 rings (SSSR count). The van der Waals surface area contributed by atoms with Crippen molar-refractivity contribution in [2.75, 3.05) is 6.54 Å². The Morgan fingerprint density at radius 3 is 2.35 bits per heavy atom. The Bertz CT molecular complexity index is 1390. The van der Waals surface area contributed by atoms with E-state index in [1.807, 2.05) is 30.3 Å². The summed E-state index contributed by atoms with van der Waals surface area (Å²) in [7, 11) is 0. The van der Waals surface area contributed by atoms with Gasteiger partial charge in [0.15, 0.2) is 0 Å². The monoisotopic (exact) mass is 506 g/mol. The van der Waals surface area contributed by atoms with Crippen molar-refractivity contribution in [3.8, 4) is 0 Å². The molecule has 1 saturated carbocycles. The number of carboxylic acid groups (broad SMARTS) is 1. The molecule has 0 aliphatic heterocycles. The van der Waals surface area contributed by atoms with Crippen molar-refractivity contribution in [1.82, 2.24) is 20.2 Å². The molecule has 0 radical (unpaired) electrons. The Labute approximate surface area is 212 Å². The molecule has 10 nitrogen and oxygen atoms in total. The molecule has 4 N–H and O–H groups in total. The summed E-state index contributed by atoms with van der Waals surface area (Å²) >= 11 is 0. The molecule has 10 heteroatoms. The molecule has 194 valence electrons. The first-order valence-corrected chi connectivity index (χ1v) is 12.4. The lowest BCUT2D eigenvalue weighted by molar-refractivity contribution is -0.142. The quantitative estimate of drug-likeness (QED) is 0.345. The van der Waals surface area contributed by atoms with Crippen LogP contribution in [0.5, 0.6) is 0 Å². The maximum absolute atomic E-state index is 12.7. The van der Waals surface area contributed by atoms with Gasteiger partial charge in [-0.3, -0.25) is 19.0 Å². The van der Waals surface area contributed by atoms with E-state index in [4.69, 9.17) is 0 Å². The second kappa shape index (κ2) is 11.7. The maximum Gasteiger partial charge on any atom is 0.329 e. The third-order valence-electron chi connectivity index (χ3n) is 6.89. The lowest BCUT2D eigenvalue weighted by Crippen LogP contribution is -2.46. The van der Waals surface area contributed by atoms with E-state index in [2.05, 4.69) is 15.6 Å². The minimum atomic E-state index is -1.07. The van der Waals surface area contributed by atoms with Crippen LogP contribution in [0.3, 0.4) is 0 Å². The topological polar surface area (TPSA) is 150 Å². The predicted octanol–water partition coefficient (Wildman–Crippen LogP) is 1.42. The average Bonchev–Trinajstić information content (AvgIpc) is 2.90. The first-order chi connectivity index (χ1) is 17.8. The number of carbonyl (C=O) groups excluding carboxylic acids is 2. The van der Waals surface area contributed by atoms with Gasteiger partial charge in [-0.15, -0.1) is 0 Å². The standard InChI is InChI=1S/C27H30N4O6/c32-23(16-31-25(34)20-8-4-5-9-21(20)30-27(31)37)28-15-18-10-12-19(13-11-18)24(33)29-22(26(35)36)14-17-6-2-1-3-7-17/h1-9,18-19,22H,10-16H2,(H,28,32)(H,29,33)(H,30,37)(H,35,36)/t18?,19?,22-/m0/s1. The van der Waals surface area contributed by atoms with Crippen LogP contribution < -0.4 is 21.9 Å². The van der Waals surface area contributed by atoms with E-state index in [9.17, 15) is 29.1 Å². The minimum absolute atomic E-state index is 0.152. The fourth-order valence-electron chi connectivity index (χ4n) is 4.77. The Morgan fingerprint density at radius 1 is 0.973 bits per heavy atom. The number of aliphatic carboxylic acids is 1. The first kappa shape index (κ1) is 25.9. The SMILES string of the molecule is O=C(Cn1c(=O)[nH]c2ccccc2c1=O)NCC1CCC(C(=O)N[C@@H](Cc2ccccc2)C(=O)O)CC1. The average molecular weight is 507 g/mol. The van der Waals surface area contributed by atoms with Crippen LogP contribution in [-0.2, 0) is 27.3 Å². The van der Waals surface area contributed by atoms with E-state index < -0.39 is 29.2 Å². The zero-order valence-electron chi connectivity index (χ0n) is 20.3. The summed E-state index contributed by atoms with van der Waals surface area (Å²) in [6.45, 7) is -0.00604. The Balaban J connectivity index is 1.25. The lowest BCUT2D eigenvalue weighted by atomic mass is 9.81. The van der Waals surface area contributed by atoms with Gasteiger partial charge in [0.05, 0.1) is 10.9 Å². The van der Waals surface area contributed by atoms with Crippen molar-refractivity contribution >= 4 is 28.7 Å². The van der Waals surface area contributed by atoms with Gasteiger partial charge in [-0.25, -0.2) is 9.59 Å². The van der Waals surface area contributed by atoms with Gasteiger partial charge in [0.1, 0.15) is 12.6 Å². The van der Waals surface area contributed by atoms with Crippen molar-refractivity contribution in [2.24, 2.45) is 11.8 Å². The number of H-pyrrole nitrogens is 1. The Kier molecular flexibility index (Phi) is 8.17. The van der Waals surface area contributed by atoms with E-state index in [1.165, 1.54) is 0 Å². The van der Waals surface area contributed by atoms with E-state index >= 15 is 0 Å². The van der Waals surface area contributed by atoms with Crippen molar-refractivity contribution in [1.29, 1.82) is 0 Å². The van der Waals surface area contributed by atoms with Crippen LogP contribution in [0.25, 0.3) is 10.9 Å². The Morgan fingerprint density at radius 2 is 1.65 bits per heavy atom. The van der Waals surface area contributed by atoms with Crippen LogP contribution in [-0.4, -0.2) is 45.0 Å². The molecular formula is C27H30N4O6. The van der Waals surface area contributed by atoms with Gasteiger partial charge in [0.25, 0.3) is 5.56 Å². The van der Waals surface area contributed by atoms with Crippen LogP contribution in [0.4, 0.5) is 0 Å². The van der Waals surface area contributed by atoms with Gasteiger partial charge in [-0.1, -0.05) is 42.5 Å². The number of aromatic nitrogens is 2. The van der Waals surface area contributed by atoms with Crippen molar-refractivity contribution in [3.05, 3.63) is 81.0 Å². The number of hydrogen-bond donors (Lipinski definition) is 4. The molecule has 1 fully saturated rings. The number of nitrogens with zero attached hydrogens (tertiary/aromatic N) is 1. The van der Waals surface area contributed by atoms with Crippen LogP contribution in [0.2, 0.25) is 0 Å². The second-order valence-corrected chi connectivity index (χ2v) is 9.48. The number of benzene rings is 2. The van der Waals surface area contributed by atoms with Crippen molar-refractivity contribution in [2.45, 2.75) is 44.7 Å². The van der Waals surface area contributed by atoms with Gasteiger partial charge in [-0.2, -0.15) is 0 Å².